The fourth-order valence-corrected chi connectivity index (χ4v) is 2.14. The van der Waals surface area contributed by atoms with Crippen LogP contribution in [0, 0.1) is 0 Å². The van der Waals surface area contributed by atoms with E-state index in [2.05, 4.69) is 10.6 Å². The molecular weight excluding hydrogens is 308 g/mol. The van der Waals surface area contributed by atoms with Gasteiger partial charge < -0.3 is 15.4 Å². The summed E-state index contributed by atoms with van der Waals surface area (Å²) in [5.41, 5.74) is 1.11. The van der Waals surface area contributed by atoms with Crippen LogP contribution in [0.2, 0.25) is 0 Å². The fraction of sp³-hybridized carbons (Fsp3) is 0.222. The van der Waals surface area contributed by atoms with Crippen molar-refractivity contribution in [2.24, 2.45) is 0 Å². The molecule has 5 heteroatoms. The van der Waals surface area contributed by atoms with Crippen LogP contribution < -0.4 is 15.4 Å². The molecule has 0 atom stereocenters. The van der Waals surface area contributed by atoms with Gasteiger partial charge in [0.2, 0.25) is 5.91 Å². The minimum absolute atomic E-state index is 0.104. The van der Waals surface area contributed by atoms with Crippen molar-refractivity contribution in [3.8, 4) is 5.75 Å². The number of carbonyl (C=O) groups is 1. The first kappa shape index (κ1) is 17.0. The highest BCUT2D eigenvalue weighted by Gasteiger charge is 2.04. The van der Waals surface area contributed by atoms with Crippen LogP contribution >= 0.6 is 12.2 Å². The van der Waals surface area contributed by atoms with Gasteiger partial charge in [0.05, 0.1) is 6.61 Å². The van der Waals surface area contributed by atoms with E-state index in [1.165, 1.54) is 0 Å². The van der Waals surface area contributed by atoms with Gasteiger partial charge in [-0.1, -0.05) is 48.5 Å². The molecule has 2 rings (SSSR count). The molecule has 0 aliphatic heterocycles. The van der Waals surface area contributed by atoms with E-state index in [1.807, 2.05) is 60.7 Å². The van der Waals surface area contributed by atoms with Gasteiger partial charge in [0.15, 0.2) is 5.11 Å². The molecule has 4 nitrogen and oxygen atoms in total. The van der Waals surface area contributed by atoms with E-state index < -0.39 is 0 Å². The average molecular weight is 328 g/mol. The van der Waals surface area contributed by atoms with Gasteiger partial charge in [0.25, 0.3) is 0 Å². The first-order chi connectivity index (χ1) is 11.2. The Balaban J connectivity index is 1.58. The van der Waals surface area contributed by atoms with Crippen LogP contribution in [0.4, 0.5) is 0 Å². The predicted octanol–water partition coefficient (Wildman–Crippen LogP) is 3.04. The third-order valence-corrected chi connectivity index (χ3v) is 3.36. The molecule has 0 saturated carbocycles. The molecule has 0 heterocycles. The van der Waals surface area contributed by atoms with Crippen LogP contribution in [-0.2, 0) is 11.3 Å². The van der Waals surface area contributed by atoms with Gasteiger partial charge in [-0.25, -0.2) is 0 Å². The molecule has 23 heavy (non-hydrogen) atoms. The molecular formula is C18H20N2O2S. The topological polar surface area (TPSA) is 50.4 Å². The van der Waals surface area contributed by atoms with Crippen molar-refractivity contribution in [2.75, 3.05) is 6.61 Å². The van der Waals surface area contributed by atoms with E-state index in [0.29, 0.717) is 31.1 Å². The summed E-state index contributed by atoms with van der Waals surface area (Å²) in [6.07, 6.45) is 1.02. The normalized spacial score (nSPS) is 9.91. The Hall–Kier alpha value is -2.40. The third-order valence-electron chi connectivity index (χ3n) is 3.11. The quantitative estimate of drug-likeness (QED) is 0.606. The summed E-state index contributed by atoms with van der Waals surface area (Å²) in [5.74, 6) is 0.709. The van der Waals surface area contributed by atoms with E-state index in [-0.39, 0.29) is 5.91 Å². The van der Waals surface area contributed by atoms with Gasteiger partial charge in [-0.15, -0.1) is 0 Å². The molecule has 1 amide bonds. The largest absolute Gasteiger partial charge is 0.494 e. The molecule has 0 aliphatic rings. The van der Waals surface area contributed by atoms with Crippen LogP contribution in [0.25, 0.3) is 0 Å². The molecule has 0 fully saturated rings. The van der Waals surface area contributed by atoms with Crippen molar-refractivity contribution < 1.29 is 9.53 Å². The monoisotopic (exact) mass is 328 g/mol. The Labute approximate surface area is 141 Å². The van der Waals surface area contributed by atoms with Crippen LogP contribution in [0.15, 0.2) is 60.7 Å². The maximum absolute atomic E-state index is 11.8. The molecule has 0 spiro atoms. The standard InChI is InChI=1S/C18H20N2O2S/c21-17(12-7-13-22-16-10-5-2-6-11-16)20-18(23)19-14-15-8-3-1-4-9-15/h1-6,8-11H,7,12-14H2,(H2,19,20,21,23). The SMILES string of the molecule is O=C(CCCOc1ccccc1)NC(=S)NCc1ccccc1. The molecule has 0 unspecified atom stereocenters. The first-order valence-corrected chi connectivity index (χ1v) is 7.94. The second-order valence-electron chi connectivity index (χ2n) is 4.98. The second kappa shape index (κ2) is 9.58. The Morgan fingerprint density at radius 2 is 1.65 bits per heavy atom. The van der Waals surface area contributed by atoms with Crippen LogP contribution in [-0.4, -0.2) is 17.6 Å². The predicted molar refractivity (Wildman–Crippen MR) is 95.2 cm³/mol. The number of carbonyl (C=O) groups excluding carboxylic acids is 1. The van der Waals surface area contributed by atoms with E-state index >= 15 is 0 Å². The summed E-state index contributed by atoms with van der Waals surface area (Å²) in [5, 5.41) is 6.04. The van der Waals surface area contributed by atoms with E-state index in [9.17, 15) is 4.79 Å². The first-order valence-electron chi connectivity index (χ1n) is 7.53. The van der Waals surface area contributed by atoms with Gasteiger partial charge in [-0.05, 0) is 36.3 Å². The van der Waals surface area contributed by atoms with Crippen molar-refractivity contribution in [3.05, 3.63) is 66.2 Å². The highest BCUT2D eigenvalue weighted by Crippen LogP contribution is 2.08. The lowest BCUT2D eigenvalue weighted by molar-refractivity contribution is -0.119. The molecule has 120 valence electrons. The highest BCUT2D eigenvalue weighted by molar-refractivity contribution is 7.80. The van der Waals surface area contributed by atoms with Crippen molar-refractivity contribution in [1.29, 1.82) is 0 Å². The average Bonchev–Trinajstić information content (AvgIpc) is 2.59. The van der Waals surface area contributed by atoms with Crippen LogP contribution in [0.1, 0.15) is 18.4 Å². The summed E-state index contributed by atoms with van der Waals surface area (Å²) >= 11 is 5.11. The number of thiocarbonyl (C=S) groups is 1. The van der Waals surface area contributed by atoms with E-state index in [0.717, 1.165) is 11.3 Å². The number of nitrogens with one attached hydrogen (secondary N) is 2. The van der Waals surface area contributed by atoms with Crippen LogP contribution in [0.3, 0.4) is 0 Å². The number of ether oxygens (including phenoxy) is 1. The number of para-hydroxylation sites is 1. The van der Waals surface area contributed by atoms with Crippen LogP contribution in [0.5, 0.6) is 5.75 Å². The summed E-state index contributed by atoms with van der Waals surface area (Å²) in [7, 11) is 0. The number of amides is 1. The van der Waals surface area contributed by atoms with Crippen molar-refractivity contribution in [1.82, 2.24) is 10.6 Å². The second-order valence-corrected chi connectivity index (χ2v) is 5.39. The zero-order valence-electron chi connectivity index (χ0n) is 12.8. The molecule has 0 aliphatic carbocycles. The minimum atomic E-state index is -0.104. The molecule has 0 aromatic heterocycles. The van der Waals surface area contributed by atoms with Gasteiger partial charge in [0.1, 0.15) is 5.75 Å². The molecule has 2 aromatic carbocycles. The lowest BCUT2D eigenvalue weighted by atomic mass is 10.2. The smallest absolute Gasteiger partial charge is 0.226 e. The van der Waals surface area contributed by atoms with Gasteiger partial charge in [-0.3, -0.25) is 4.79 Å². The molecule has 2 aromatic rings. The van der Waals surface area contributed by atoms with Gasteiger partial charge in [-0.2, -0.15) is 0 Å². The zero-order valence-corrected chi connectivity index (χ0v) is 13.6. The molecule has 2 N–H and O–H groups in total. The summed E-state index contributed by atoms with van der Waals surface area (Å²) in [6, 6.07) is 19.4. The maximum atomic E-state index is 11.8. The number of hydrogen-bond donors (Lipinski definition) is 2. The Kier molecular flexibility index (Phi) is 7.07. The van der Waals surface area contributed by atoms with Gasteiger partial charge >= 0.3 is 0 Å². The summed E-state index contributed by atoms with van der Waals surface area (Å²) in [6.45, 7) is 1.10. The fourth-order valence-electron chi connectivity index (χ4n) is 1.95. The summed E-state index contributed by atoms with van der Waals surface area (Å²) in [4.78, 5) is 11.8. The molecule has 0 saturated heterocycles. The number of hydrogen-bond acceptors (Lipinski definition) is 3. The third kappa shape index (κ3) is 6.93. The highest BCUT2D eigenvalue weighted by atomic mass is 32.1. The van der Waals surface area contributed by atoms with Crippen molar-refractivity contribution in [2.45, 2.75) is 19.4 Å². The summed E-state index contributed by atoms with van der Waals surface area (Å²) < 4.78 is 5.54. The van der Waals surface area contributed by atoms with E-state index in [1.54, 1.807) is 0 Å². The van der Waals surface area contributed by atoms with E-state index in [4.69, 9.17) is 17.0 Å². The Bertz CT molecular complexity index is 617. The Morgan fingerprint density at radius 3 is 2.35 bits per heavy atom. The number of rotatable bonds is 7. The molecule has 0 radical (unpaired) electrons. The van der Waals surface area contributed by atoms with Gasteiger partial charge in [0, 0.05) is 13.0 Å². The van der Waals surface area contributed by atoms with Crippen molar-refractivity contribution >= 4 is 23.2 Å². The number of benzene rings is 2. The lowest BCUT2D eigenvalue weighted by Gasteiger charge is -2.10. The minimum Gasteiger partial charge on any atom is -0.494 e. The van der Waals surface area contributed by atoms with Crippen molar-refractivity contribution in [3.63, 3.8) is 0 Å². The maximum Gasteiger partial charge on any atom is 0.226 e. The lowest BCUT2D eigenvalue weighted by Crippen LogP contribution is -2.38. The Morgan fingerprint density at radius 1 is 1.00 bits per heavy atom. The molecule has 0 bridgehead atoms. The zero-order chi connectivity index (χ0) is 16.3.